The van der Waals surface area contributed by atoms with E-state index in [4.69, 9.17) is 0 Å². The normalized spacial score (nSPS) is 45.3. The molecule has 0 bridgehead atoms. The van der Waals surface area contributed by atoms with E-state index >= 15 is 0 Å². The zero-order valence-corrected chi connectivity index (χ0v) is 21.5. The number of aliphatic hydroxyl groups excluding tert-OH is 1. The van der Waals surface area contributed by atoms with Crippen LogP contribution >= 0.6 is 22.6 Å². The van der Waals surface area contributed by atoms with Gasteiger partial charge in [-0.15, -0.1) is 0 Å². The first-order valence-corrected chi connectivity index (χ1v) is 14.3. The minimum atomic E-state index is -0.0785. The lowest BCUT2D eigenvalue weighted by atomic mass is 9.50. The summed E-state index contributed by atoms with van der Waals surface area (Å²) >= 11 is 2.59. The molecular formula is C27H45IO. The van der Waals surface area contributed by atoms with Crippen LogP contribution in [0.2, 0.25) is 0 Å². The largest absolute Gasteiger partial charge is 0.393 e. The third-order valence-corrected chi connectivity index (χ3v) is 11.1. The molecule has 0 spiro atoms. The van der Waals surface area contributed by atoms with Gasteiger partial charge in [-0.05, 0) is 97.7 Å². The van der Waals surface area contributed by atoms with E-state index in [1.165, 1.54) is 55.8 Å². The fourth-order valence-electron chi connectivity index (χ4n) is 8.71. The Labute approximate surface area is 194 Å². The molecule has 0 radical (unpaired) electrons. The molecule has 0 aromatic heterocycles. The van der Waals surface area contributed by atoms with Gasteiger partial charge in [0.1, 0.15) is 0 Å². The molecule has 4 rings (SSSR count). The van der Waals surface area contributed by atoms with Gasteiger partial charge in [0.25, 0.3) is 0 Å². The van der Waals surface area contributed by atoms with Crippen LogP contribution in [0.4, 0.5) is 0 Å². The number of halogens is 1. The van der Waals surface area contributed by atoms with Gasteiger partial charge in [0.05, 0.1) is 6.10 Å². The zero-order valence-electron chi connectivity index (χ0n) is 19.4. The highest BCUT2D eigenvalue weighted by Gasteiger charge is 2.57. The third kappa shape index (κ3) is 4.24. The van der Waals surface area contributed by atoms with Crippen molar-refractivity contribution in [2.45, 2.75) is 98.0 Å². The van der Waals surface area contributed by atoms with E-state index in [-0.39, 0.29) is 6.10 Å². The van der Waals surface area contributed by atoms with Crippen LogP contribution < -0.4 is 0 Å². The minimum absolute atomic E-state index is 0.0785. The van der Waals surface area contributed by atoms with Gasteiger partial charge in [-0.1, -0.05) is 81.2 Å². The van der Waals surface area contributed by atoms with Gasteiger partial charge in [-0.2, -0.15) is 0 Å². The Balaban J connectivity index is 1.49. The summed E-state index contributed by atoms with van der Waals surface area (Å²) in [7, 11) is 0. The van der Waals surface area contributed by atoms with Crippen molar-refractivity contribution in [3.05, 3.63) is 11.6 Å². The van der Waals surface area contributed by atoms with E-state index in [1.54, 1.807) is 5.57 Å². The molecule has 1 unspecified atom stereocenters. The molecular weight excluding hydrogens is 467 g/mol. The number of rotatable bonds is 6. The highest BCUT2D eigenvalue weighted by atomic mass is 127. The van der Waals surface area contributed by atoms with Gasteiger partial charge in [-0.25, -0.2) is 0 Å². The molecule has 1 nitrogen and oxygen atoms in total. The van der Waals surface area contributed by atoms with Gasteiger partial charge in [-0.3, -0.25) is 0 Å². The van der Waals surface area contributed by atoms with Crippen LogP contribution in [0.5, 0.6) is 0 Å². The van der Waals surface area contributed by atoms with E-state index in [0.29, 0.717) is 5.41 Å². The molecule has 0 saturated heterocycles. The van der Waals surface area contributed by atoms with Crippen LogP contribution in [0.15, 0.2) is 11.6 Å². The standard InChI is InChI=1S/C27H45IO/c1-17(2)6-5-7-18(3)24-10-11-25-22-9-8-19-14-21(29)15-20(16-28)26(19)23(22)12-13-27(24,25)4/h8,17-18,20-26,29H,5-7,9-16H2,1-4H3/t18-,20?,21-,22-,23+,24-,25+,26-,27-/m1/s1. The summed E-state index contributed by atoms with van der Waals surface area (Å²) in [5.74, 6) is 7.02. The lowest BCUT2D eigenvalue weighted by Gasteiger charge is -2.55. The molecule has 4 aliphatic carbocycles. The molecule has 3 fully saturated rings. The predicted molar refractivity (Wildman–Crippen MR) is 132 cm³/mol. The summed E-state index contributed by atoms with van der Waals surface area (Å²) < 4.78 is 1.22. The summed E-state index contributed by atoms with van der Waals surface area (Å²) in [5.41, 5.74) is 2.24. The molecule has 4 aliphatic rings. The SMILES string of the molecule is CC(C)CCC[C@@H](C)[C@H]1CC[C@H]2[C@@H]3CC=C4C[C@@H](O)CC(CI)[C@@H]4[C@H]3CC[C@]12C. The lowest BCUT2D eigenvalue weighted by molar-refractivity contribution is -0.0394. The maximum absolute atomic E-state index is 10.4. The Kier molecular flexibility index (Phi) is 7.11. The molecule has 29 heavy (non-hydrogen) atoms. The van der Waals surface area contributed by atoms with E-state index in [9.17, 15) is 5.11 Å². The Hall–Kier alpha value is 0.430. The number of allylic oxidation sites excluding steroid dienone is 1. The molecule has 9 atom stereocenters. The molecule has 166 valence electrons. The van der Waals surface area contributed by atoms with Gasteiger partial charge < -0.3 is 5.11 Å². The van der Waals surface area contributed by atoms with Crippen molar-refractivity contribution in [1.29, 1.82) is 0 Å². The lowest BCUT2D eigenvalue weighted by Crippen LogP contribution is -2.49. The van der Waals surface area contributed by atoms with Gasteiger partial charge in [0.2, 0.25) is 0 Å². The van der Waals surface area contributed by atoms with Crippen LogP contribution in [0.1, 0.15) is 91.9 Å². The molecule has 0 aromatic carbocycles. The Bertz CT molecular complexity index is 597. The van der Waals surface area contributed by atoms with Crippen LogP contribution in [0, 0.1) is 52.8 Å². The second-order valence-electron chi connectivity index (χ2n) is 12.0. The number of fused-ring (bicyclic) bond motifs is 5. The zero-order chi connectivity index (χ0) is 20.8. The van der Waals surface area contributed by atoms with Crippen LogP contribution in [-0.2, 0) is 0 Å². The molecule has 2 heteroatoms. The van der Waals surface area contributed by atoms with Crippen molar-refractivity contribution in [1.82, 2.24) is 0 Å². The first kappa shape index (κ1) is 22.6. The van der Waals surface area contributed by atoms with Crippen LogP contribution in [-0.4, -0.2) is 15.6 Å². The summed E-state index contributed by atoms with van der Waals surface area (Å²) in [6, 6.07) is 0. The monoisotopic (exact) mass is 512 g/mol. The first-order chi connectivity index (χ1) is 13.8. The first-order valence-electron chi connectivity index (χ1n) is 12.8. The second-order valence-corrected chi connectivity index (χ2v) is 12.9. The third-order valence-electron chi connectivity index (χ3n) is 9.99. The highest BCUT2D eigenvalue weighted by molar-refractivity contribution is 14.1. The summed E-state index contributed by atoms with van der Waals surface area (Å²) in [4.78, 5) is 0. The van der Waals surface area contributed by atoms with E-state index in [1.807, 2.05) is 0 Å². The molecule has 3 saturated carbocycles. The van der Waals surface area contributed by atoms with Crippen molar-refractivity contribution in [3.8, 4) is 0 Å². The number of hydrogen-bond acceptors (Lipinski definition) is 1. The van der Waals surface area contributed by atoms with Crippen LogP contribution in [0.3, 0.4) is 0 Å². The quantitative estimate of drug-likeness (QED) is 0.220. The molecule has 0 heterocycles. The second kappa shape index (κ2) is 9.12. The molecule has 1 N–H and O–H groups in total. The average molecular weight is 513 g/mol. The summed E-state index contributed by atoms with van der Waals surface area (Å²) in [6.07, 6.45) is 16.0. The van der Waals surface area contributed by atoms with Gasteiger partial charge in [0.15, 0.2) is 0 Å². The number of alkyl halides is 1. The number of hydrogen-bond donors (Lipinski definition) is 1. The number of aliphatic hydroxyl groups is 1. The average Bonchev–Trinajstić information content (AvgIpc) is 3.03. The molecule has 0 amide bonds. The van der Waals surface area contributed by atoms with Gasteiger partial charge >= 0.3 is 0 Å². The Morgan fingerprint density at radius 1 is 1.14 bits per heavy atom. The topological polar surface area (TPSA) is 20.2 Å². The summed E-state index contributed by atoms with van der Waals surface area (Å²) in [6.45, 7) is 10.0. The maximum Gasteiger partial charge on any atom is 0.0580 e. The van der Waals surface area contributed by atoms with Crippen molar-refractivity contribution in [2.75, 3.05) is 4.43 Å². The minimum Gasteiger partial charge on any atom is -0.393 e. The molecule has 0 aromatic rings. The van der Waals surface area contributed by atoms with E-state index in [0.717, 1.165) is 60.2 Å². The predicted octanol–water partition coefficient (Wildman–Crippen LogP) is 7.66. The van der Waals surface area contributed by atoms with Crippen molar-refractivity contribution < 1.29 is 5.11 Å². The summed E-state index contributed by atoms with van der Waals surface area (Å²) in [5, 5.41) is 10.4. The van der Waals surface area contributed by atoms with Crippen LogP contribution in [0.25, 0.3) is 0 Å². The fraction of sp³-hybridized carbons (Fsp3) is 0.926. The smallest absolute Gasteiger partial charge is 0.0580 e. The Morgan fingerprint density at radius 2 is 1.93 bits per heavy atom. The molecule has 0 aliphatic heterocycles. The van der Waals surface area contributed by atoms with Crippen molar-refractivity contribution in [3.63, 3.8) is 0 Å². The van der Waals surface area contributed by atoms with Crippen molar-refractivity contribution in [2.24, 2.45) is 52.8 Å². The van der Waals surface area contributed by atoms with Crippen molar-refractivity contribution >= 4 is 22.6 Å². The maximum atomic E-state index is 10.4. The van der Waals surface area contributed by atoms with E-state index in [2.05, 4.69) is 56.4 Å². The van der Waals surface area contributed by atoms with E-state index < -0.39 is 0 Å². The highest BCUT2D eigenvalue weighted by Crippen LogP contribution is 2.65. The van der Waals surface area contributed by atoms with Gasteiger partial charge in [0, 0.05) is 4.43 Å². The Morgan fingerprint density at radius 3 is 2.66 bits per heavy atom. The fourth-order valence-corrected chi connectivity index (χ4v) is 9.61.